The Morgan fingerprint density at radius 3 is 1.72 bits per heavy atom. The Labute approximate surface area is 456 Å². The van der Waals surface area contributed by atoms with E-state index >= 15 is 0 Å². The van der Waals surface area contributed by atoms with E-state index in [1.165, 1.54) is 12.7 Å². The van der Waals surface area contributed by atoms with Gasteiger partial charge in [-0.2, -0.15) is 0 Å². The van der Waals surface area contributed by atoms with Crippen molar-refractivity contribution in [3.8, 4) is 0 Å². The molecule has 8 aliphatic heterocycles. The summed E-state index contributed by atoms with van der Waals surface area (Å²) in [5, 5.41) is 63.7. The van der Waals surface area contributed by atoms with Gasteiger partial charge in [-0.15, -0.1) is 0 Å². The fraction of sp³-hybridized carbons (Fsp3) is 0.964. The van der Waals surface area contributed by atoms with Crippen molar-refractivity contribution in [1.29, 1.82) is 0 Å². The number of ether oxygens (including phenoxy) is 17. The van der Waals surface area contributed by atoms with Crippen molar-refractivity contribution < 1.29 is 111 Å². The molecule has 0 amide bonds. The highest BCUT2D eigenvalue weighted by molar-refractivity contribution is 5.31. The van der Waals surface area contributed by atoms with Crippen LogP contribution in [-0.4, -0.2) is 238 Å². The summed E-state index contributed by atoms with van der Waals surface area (Å²) in [5.74, 6) is -0.739. The molecule has 10 fully saturated rings. The van der Waals surface area contributed by atoms with E-state index in [0.29, 0.717) is 19.4 Å². The lowest BCUT2D eigenvalue weighted by Crippen LogP contribution is -2.65. The minimum atomic E-state index is -1.67. The van der Waals surface area contributed by atoms with Crippen molar-refractivity contribution in [3.63, 3.8) is 0 Å². The Kier molecular flexibility index (Phi) is 17.0. The van der Waals surface area contributed by atoms with Gasteiger partial charge in [0.2, 0.25) is 0 Å². The molecule has 0 aromatic heterocycles. The van der Waals surface area contributed by atoms with E-state index in [0.717, 1.165) is 38.5 Å². The zero-order valence-corrected chi connectivity index (χ0v) is 46.8. The predicted octanol–water partition coefficient (Wildman–Crippen LogP) is 1.30. The summed E-state index contributed by atoms with van der Waals surface area (Å²) >= 11 is 0. The quantitative estimate of drug-likeness (QED) is 0.119. The lowest BCUT2D eigenvalue weighted by molar-refractivity contribution is -0.374. The molecule has 11 rings (SSSR count). The highest BCUT2D eigenvalue weighted by Gasteiger charge is 2.83. The summed E-state index contributed by atoms with van der Waals surface area (Å²) in [6.45, 7) is 11.8. The van der Waals surface area contributed by atoms with Gasteiger partial charge >= 0.3 is 0 Å². The second-order valence-electron chi connectivity index (χ2n) is 24.5. The van der Waals surface area contributed by atoms with Crippen molar-refractivity contribution in [1.82, 2.24) is 0 Å². The molecule has 23 heteroatoms. The maximum Gasteiger partial charge on any atom is 0.187 e. The maximum atomic E-state index is 11.5. The number of hydrogen-bond acceptors (Lipinski definition) is 23. The highest BCUT2D eigenvalue weighted by atomic mass is 16.8. The summed E-state index contributed by atoms with van der Waals surface area (Å²) in [6.07, 6.45) is -11.1. The Bertz CT molecular complexity index is 2090. The first kappa shape index (κ1) is 58.6. The van der Waals surface area contributed by atoms with E-state index in [2.05, 4.69) is 19.9 Å². The molecular formula is C55H88O23. The molecule has 0 unspecified atom stereocenters. The fourth-order valence-electron chi connectivity index (χ4n) is 16.5. The van der Waals surface area contributed by atoms with Crippen LogP contribution >= 0.6 is 0 Å². The molecule has 0 spiro atoms. The summed E-state index contributed by atoms with van der Waals surface area (Å²) in [7, 11) is 6.23. The molecule has 78 heavy (non-hydrogen) atoms. The van der Waals surface area contributed by atoms with Crippen LogP contribution in [0.25, 0.3) is 0 Å². The third-order valence-corrected chi connectivity index (χ3v) is 20.4. The van der Waals surface area contributed by atoms with Crippen LogP contribution in [0.1, 0.15) is 99.3 Å². The molecule has 0 radical (unpaired) electrons. The van der Waals surface area contributed by atoms with E-state index in [9.17, 15) is 30.6 Å². The molecule has 3 aliphatic carbocycles. The van der Waals surface area contributed by atoms with Crippen molar-refractivity contribution in [2.75, 3.05) is 48.3 Å². The Hall–Kier alpha value is -1.18. The molecule has 11 aliphatic rings. The van der Waals surface area contributed by atoms with Gasteiger partial charge in [0.05, 0.1) is 80.7 Å². The third-order valence-electron chi connectivity index (χ3n) is 20.4. The lowest BCUT2D eigenvalue weighted by atomic mass is 9.47. The topological polar surface area (TPSA) is 278 Å². The molecule has 0 aromatic rings. The largest absolute Gasteiger partial charge is 0.395 e. The molecule has 0 aromatic carbocycles. The number of allylic oxidation sites excluding steroid dienone is 1. The summed E-state index contributed by atoms with van der Waals surface area (Å²) in [6, 6.07) is 0. The van der Waals surface area contributed by atoms with Gasteiger partial charge in [-0.1, -0.05) is 18.6 Å². The smallest absolute Gasteiger partial charge is 0.187 e. The zero-order chi connectivity index (χ0) is 55.4. The van der Waals surface area contributed by atoms with Crippen LogP contribution in [-0.2, 0) is 80.5 Å². The number of aliphatic hydroxyl groups excluding tert-OH is 6. The van der Waals surface area contributed by atoms with Gasteiger partial charge in [-0.25, -0.2) is 0 Å². The third kappa shape index (κ3) is 9.72. The summed E-state index contributed by atoms with van der Waals surface area (Å²) < 4.78 is 107. The van der Waals surface area contributed by atoms with Gasteiger partial charge in [0.15, 0.2) is 43.0 Å². The molecule has 446 valence electrons. The molecule has 23 nitrogen and oxygen atoms in total. The minimum absolute atomic E-state index is 0.0508. The average molecular weight is 1120 g/mol. The monoisotopic (exact) mass is 1120 g/mol. The first-order chi connectivity index (χ1) is 37.3. The van der Waals surface area contributed by atoms with Crippen LogP contribution in [0.3, 0.4) is 0 Å². The van der Waals surface area contributed by atoms with Crippen LogP contribution in [0.4, 0.5) is 0 Å². The average Bonchev–Trinajstić information content (AvgIpc) is 3.25. The van der Waals surface area contributed by atoms with Crippen LogP contribution in [0.2, 0.25) is 0 Å². The summed E-state index contributed by atoms with van der Waals surface area (Å²) in [4.78, 5) is 0. The second-order valence-corrected chi connectivity index (χ2v) is 24.5. The standard InChI is InChI=1S/C55H88O23/c1-24-44(32(62-7)18-37(67-24)71-29-13-16-54(23-57)28(17-29)11-12-31-30(54)14-15-52(5)49-36-22-66-53(49,6)78-55(31,52)77-36)73-38-19-33(63-8)45(25(2)68-38)74-39-20-34(64-9)46(26(3)69-39)75-51-43(61)48(65-10)47(27(4)70-51)76-50-42(60)41(59)40(58)35(21-56)72-50/h11,24-27,29-51,56-61H,12-23H2,1-10H3/t24-,25-,26-,27-,29+,30+,31-,32-,33+,34-,35-,36-,37+,38+,39+,40-,41+,42-,43-,44-,45-,46-,47-,48-,49+,50+,51+,52-,53-,54-,55+/m1/s1. The molecule has 2 saturated carbocycles. The van der Waals surface area contributed by atoms with Crippen molar-refractivity contribution in [3.05, 3.63) is 11.6 Å². The molecule has 8 heterocycles. The molecular weight excluding hydrogens is 1030 g/mol. The van der Waals surface area contributed by atoms with Crippen LogP contribution in [0.5, 0.6) is 0 Å². The molecule has 2 bridgehead atoms. The number of hydrogen-bond donors (Lipinski definition) is 6. The van der Waals surface area contributed by atoms with Gasteiger partial charge in [-0.05, 0) is 79.1 Å². The van der Waals surface area contributed by atoms with Gasteiger partial charge in [0.1, 0.15) is 61.0 Å². The van der Waals surface area contributed by atoms with Gasteiger partial charge < -0.3 is 111 Å². The maximum absolute atomic E-state index is 11.5. The SMILES string of the molecule is CO[C@@H]1[C@@H](O)[C@H](O[C@@H]2[C@@H](C)O[C@@H](O[C@H]3[C@@H](OC)C[C@H](O[C@@H]4[C@@H](C)O[C@@H](O[C@H]5CC[C@@]6(CO)C(=CC[C@@H]7[C@@H]6CC[C@]6(C)[C@@H]8[C@H]9CO[C@]8(C)O[C@@]76O9)C5)C[C@H]4OC)O[C@@H]3C)C[C@H]2OC)O[C@H](C)[C@H]1O[C@@H]1O[C@H](CO)[C@@H](O)[C@H](O)[C@H]1O. The van der Waals surface area contributed by atoms with E-state index in [1.54, 1.807) is 28.3 Å². The first-order valence-electron chi connectivity index (χ1n) is 28.6. The Morgan fingerprint density at radius 1 is 0.590 bits per heavy atom. The second kappa shape index (κ2) is 22.7. The molecule has 8 saturated heterocycles. The molecule has 6 N–H and O–H groups in total. The predicted molar refractivity (Wildman–Crippen MR) is 265 cm³/mol. The first-order valence-corrected chi connectivity index (χ1v) is 28.6. The number of fused-ring (bicyclic) bond motifs is 3. The van der Waals surface area contributed by atoms with E-state index < -0.39 is 147 Å². The number of methoxy groups -OCH3 is 4. The van der Waals surface area contributed by atoms with E-state index in [4.69, 9.17) is 80.5 Å². The van der Waals surface area contributed by atoms with Crippen molar-refractivity contribution >= 4 is 0 Å². The van der Waals surface area contributed by atoms with E-state index in [-0.39, 0.29) is 59.9 Å². The van der Waals surface area contributed by atoms with Crippen LogP contribution < -0.4 is 0 Å². The van der Waals surface area contributed by atoms with E-state index in [1.807, 2.05) is 20.8 Å². The summed E-state index contributed by atoms with van der Waals surface area (Å²) in [5.41, 5.74) is 0.803. The zero-order valence-electron chi connectivity index (χ0n) is 46.8. The van der Waals surface area contributed by atoms with Gasteiger partial charge in [0.25, 0.3) is 0 Å². The lowest BCUT2D eigenvalue weighted by Gasteiger charge is -2.59. The van der Waals surface area contributed by atoms with Crippen LogP contribution in [0.15, 0.2) is 11.6 Å². The van der Waals surface area contributed by atoms with Gasteiger partial charge in [-0.3, -0.25) is 0 Å². The Balaban J connectivity index is 0.663. The Morgan fingerprint density at radius 2 is 1.15 bits per heavy atom. The van der Waals surface area contributed by atoms with Crippen molar-refractivity contribution in [2.45, 2.75) is 258 Å². The fourth-order valence-corrected chi connectivity index (χ4v) is 16.5. The van der Waals surface area contributed by atoms with Gasteiger partial charge in [0, 0.05) is 64.4 Å². The van der Waals surface area contributed by atoms with Crippen LogP contribution in [0, 0.1) is 28.6 Å². The number of rotatable bonds is 16. The molecule has 31 atom stereocenters. The normalized spacial score (nSPS) is 55.7. The minimum Gasteiger partial charge on any atom is -0.395 e. The highest BCUT2D eigenvalue weighted by Crippen LogP contribution is 2.76. The van der Waals surface area contributed by atoms with Crippen molar-refractivity contribution in [2.24, 2.45) is 28.6 Å². The number of aliphatic hydroxyl groups is 6.